The maximum absolute atomic E-state index is 12.0. The molecule has 25 heavy (non-hydrogen) atoms. The Kier molecular flexibility index (Phi) is 5.14. The van der Waals surface area contributed by atoms with E-state index in [-0.39, 0.29) is 5.97 Å². The lowest BCUT2D eigenvalue weighted by molar-refractivity contribution is 0.0599. The first-order valence-electron chi connectivity index (χ1n) is 8.26. The number of ether oxygens (including phenoxy) is 1. The molecule has 1 unspecified atom stereocenters. The van der Waals surface area contributed by atoms with Crippen LogP contribution in [0.2, 0.25) is 0 Å². The van der Waals surface area contributed by atoms with E-state index in [1.54, 1.807) is 12.7 Å². The number of rotatable bonds is 5. The number of hydrogen-bond acceptors (Lipinski definition) is 6. The summed E-state index contributed by atoms with van der Waals surface area (Å²) in [6, 6.07) is 5.84. The lowest BCUT2D eigenvalue weighted by Crippen LogP contribution is -2.09. The Hall–Kier alpha value is -2.67. The van der Waals surface area contributed by atoms with Crippen LogP contribution in [-0.2, 0) is 17.7 Å². The summed E-state index contributed by atoms with van der Waals surface area (Å²) < 4.78 is 6.84. The van der Waals surface area contributed by atoms with E-state index < -0.39 is 6.10 Å². The first kappa shape index (κ1) is 17.2. The van der Waals surface area contributed by atoms with Crippen molar-refractivity contribution in [3.05, 3.63) is 46.9 Å². The number of aromatic nitrogens is 2. The van der Waals surface area contributed by atoms with Gasteiger partial charge in [0.2, 0.25) is 0 Å². The second-order valence-corrected chi connectivity index (χ2v) is 6.08. The van der Waals surface area contributed by atoms with Gasteiger partial charge in [-0.15, -0.1) is 0 Å². The van der Waals surface area contributed by atoms with E-state index >= 15 is 0 Å². The number of aliphatic hydroxyl groups excluding tert-OH is 1. The van der Waals surface area contributed by atoms with Gasteiger partial charge in [-0.25, -0.2) is 9.78 Å². The van der Waals surface area contributed by atoms with Crippen molar-refractivity contribution in [2.24, 2.45) is 4.99 Å². The average Bonchev–Trinajstić information content (AvgIpc) is 2.92. The number of nitrogens with zero attached hydrogens (tertiary/aromatic N) is 3. The third-order valence-corrected chi connectivity index (χ3v) is 4.27. The van der Waals surface area contributed by atoms with Gasteiger partial charge in [-0.1, -0.05) is 17.7 Å². The molecule has 0 bridgehead atoms. The van der Waals surface area contributed by atoms with Crippen LogP contribution < -0.4 is 5.32 Å². The van der Waals surface area contributed by atoms with Crippen molar-refractivity contribution in [1.82, 2.24) is 9.55 Å². The summed E-state index contributed by atoms with van der Waals surface area (Å²) in [5, 5.41) is 13.1. The van der Waals surface area contributed by atoms with Gasteiger partial charge < -0.3 is 19.7 Å². The van der Waals surface area contributed by atoms with Crippen LogP contribution in [0.5, 0.6) is 0 Å². The molecule has 0 saturated carbocycles. The monoisotopic (exact) mass is 342 g/mol. The number of methoxy groups -OCH3 is 1. The van der Waals surface area contributed by atoms with Crippen LogP contribution in [-0.4, -0.2) is 40.6 Å². The van der Waals surface area contributed by atoms with Crippen molar-refractivity contribution >= 4 is 18.1 Å². The number of carbonyl (C=O) groups is 1. The molecule has 7 heteroatoms. The van der Waals surface area contributed by atoms with Gasteiger partial charge in [0.15, 0.2) is 0 Å². The van der Waals surface area contributed by atoms with E-state index in [0.29, 0.717) is 24.3 Å². The highest BCUT2D eigenvalue weighted by atomic mass is 16.5. The zero-order valence-corrected chi connectivity index (χ0v) is 14.4. The molecule has 1 aromatic heterocycles. The second kappa shape index (κ2) is 7.48. The maximum atomic E-state index is 12.0. The van der Waals surface area contributed by atoms with E-state index in [9.17, 15) is 9.90 Å². The van der Waals surface area contributed by atoms with Crippen molar-refractivity contribution in [1.29, 1.82) is 0 Å². The zero-order chi connectivity index (χ0) is 17.8. The maximum Gasteiger partial charge on any atom is 0.338 e. The molecule has 1 atom stereocenters. The number of fused-ring (bicyclic) bond motifs is 1. The quantitative estimate of drug-likeness (QED) is 0.812. The average molecular weight is 342 g/mol. The largest absolute Gasteiger partial charge is 0.465 e. The number of esters is 1. The van der Waals surface area contributed by atoms with Gasteiger partial charge in [-0.3, -0.25) is 4.99 Å². The number of hydrogen-bond donors (Lipinski definition) is 2. The van der Waals surface area contributed by atoms with Gasteiger partial charge in [0.05, 0.1) is 31.9 Å². The summed E-state index contributed by atoms with van der Waals surface area (Å²) in [4.78, 5) is 20.3. The number of imidazole rings is 1. The first-order valence-corrected chi connectivity index (χ1v) is 8.26. The zero-order valence-electron chi connectivity index (χ0n) is 14.4. The Morgan fingerprint density at radius 3 is 3.12 bits per heavy atom. The Balaban J connectivity index is 1.70. The Morgan fingerprint density at radius 2 is 2.32 bits per heavy atom. The van der Waals surface area contributed by atoms with Gasteiger partial charge in [-0.2, -0.15) is 0 Å². The fraction of sp³-hybridized carbons (Fsp3) is 0.389. The van der Waals surface area contributed by atoms with Crippen LogP contribution in [0, 0.1) is 6.92 Å². The third-order valence-electron chi connectivity index (χ3n) is 4.27. The minimum atomic E-state index is -0.689. The molecule has 0 fully saturated rings. The molecule has 0 saturated heterocycles. The normalized spacial score (nSPS) is 16.0. The van der Waals surface area contributed by atoms with Crippen molar-refractivity contribution in [3.8, 4) is 0 Å². The molecule has 3 rings (SSSR count). The van der Waals surface area contributed by atoms with Gasteiger partial charge in [-0.05, 0) is 31.4 Å². The predicted octanol–water partition coefficient (Wildman–Crippen LogP) is 2.10. The summed E-state index contributed by atoms with van der Waals surface area (Å²) in [5.41, 5.74) is 3.23. The number of anilines is 1. The van der Waals surface area contributed by atoms with Gasteiger partial charge in [0.25, 0.3) is 0 Å². The summed E-state index contributed by atoms with van der Waals surface area (Å²) in [5.74, 6) is 0.460. The SMILES string of the molecule is COC(=O)c1cc(C)ccc1CCCn1cnc2c1NC=NCC2O. The number of nitrogens with one attached hydrogen (secondary N) is 1. The van der Waals surface area contributed by atoms with Crippen LogP contribution in [0.1, 0.15) is 39.7 Å². The summed E-state index contributed by atoms with van der Waals surface area (Å²) in [6.07, 6.45) is 4.18. The van der Waals surface area contributed by atoms with Crippen molar-refractivity contribution in [2.45, 2.75) is 32.4 Å². The van der Waals surface area contributed by atoms with E-state index in [4.69, 9.17) is 4.74 Å². The summed E-state index contributed by atoms with van der Waals surface area (Å²) in [7, 11) is 1.40. The standard InChI is InChI=1S/C18H22N4O3/c1-12-5-6-13(14(8-12)18(24)25-2)4-3-7-22-11-21-16-15(23)9-19-10-20-17(16)22/h5-6,8,10-11,15,23H,3-4,7,9H2,1-2H3,(H,19,20). The first-order chi connectivity index (χ1) is 12.1. The topological polar surface area (TPSA) is 88.7 Å². The van der Waals surface area contributed by atoms with Gasteiger partial charge in [0.1, 0.15) is 17.6 Å². The molecule has 132 valence electrons. The highest BCUT2D eigenvalue weighted by Gasteiger charge is 2.20. The molecule has 1 aliphatic heterocycles. The van der Waals surface area contributed by atoms with Gasteiger partial charge in [0, 0.05) is 6.54 Å². The molecule has 0 spiro atoms. The Bertz CT molecular complexity index is 798. The second-order valence-electron chi connectivity index (χ2n) is 6.08. The number of aliphatic imine (C=N–C) groups is 1. The fourth-order valence-electron chi connectivity index (χ4n) is 2.96. The molecule has 0 radical (unpaired) electrons. The highest BCUT2D eigenvalue weighted by Crippen LogP contribution is 2.24. The molecule has 2 aromatic rings. The predicted molar refractivity (Wildman–Crippen MR) is 95.0 cm³/mol. The van der Waals surface area contributed by atoms with Crippen LogP contribution in [0.3, 0.4) is 0 Å². The van der Waals surface area contributed by atoms with E-state index in [1.807, 2.05) is 29.7 Å². The molecule has 7 nitrogen and oxygen atoms in total. The minimum Gasteiger partial charge on any atom is -0.465 e. The highest BCUT2D eigenvalue weighted by molar-refractivity contribution is 5.91. The molecule has 2 N–H and O–H groups in total. The molecule has 1 aliphatic rings. The Labute approximate surface area is 146 Å². The molecule has 0 amide bonds. The lowest BCUT2D eigenvalue weighted by atomic mass is 10.0. The van der Waals surface area contributed by atoms with Crippen molar-refractivity contribution < 1.29 is 14.6 Å². The molecule has 2 heterocycles. The molecule has 0 aliphatic carbocycles. The number of aryl methyl sites for hydroxylation is 3. The molecule has 1 aromatic carbocycles. The Morgan fingerprint density at radius 1 is 1.48 bits per heavy atom. The van der Waals surface area contributed by atoms with E-state index in [1.165, 1.54) is 7.11 Å². The summed E-state index contributed by atoms with van der Waals surface area (Å²) in [6.45, 7) is 2.97. The minimum absolute atomic E-state index is 0.308. The van der Waals surface area contributed by atoms with E-state index in [2.05, 4.69) is 15.3 Å². The van der Waals surface area contributed by atoms with Gasteiger partial charge >= 0.3 is 5.97 Å². The number of benzene rings is 1. The fourth-order valence-corrected chi connectivity index (χ4v) is 2.96. The number of carbonyl (C=O) groups excluding carboxylic acids is 1. The number of aliphatic hydroxyl groups is 1. The molecular weight excluding hydrogens is 320 g/mol. The smallest absolute Gasteiger partial charge is 0.338 e. The molecular formula is C18H22N4O3. The lowest BCUT2D eigenvalue weighted by Gasteiger charge is -2.11. The summed E-state index contributed by atoms with van der Waals surface area (Å²) >= 11 is 0. The van der Waals surface area contributed by atoms with Crippen LogP contribution in [0.4, 0.5) is 5.82 Å². The van der Waals surface area contributed by atoms with E-state index in [0.717, 1.165) is 29.8 Å². The van der Waals surface area contributed by atoms with Crippen LogP contribution in [0.15, 0.2) is 29.5 Å². The van der Waals surface area contributed by atoms with Crippen LogP contribution in [0.25, 0.3) is 0 Å². The van der Waals surface area contributed by atoms with Crippen molar-refractivity contribution in [2.75, 3.05) is 19.0 Å². The third kappa shape index (κ3) is 3.71. The van der Waals surface area contributed by atoms with Crippen molar-refractivity contribution in [3.63, 3.8) is 0 Å². The van der Waals surface area contributed by atoms with Crippen LogP contribution >= 0.6 is 0 Å².